The number of benzene rings is 2. The Hall–Kier alpha value is -3.22. The summed E-state index contributed by atoms with van der Waals surface area (Å²) in [5, 5.41) is 3.45. The van der Waals surface area contributed by atoms with E-state index in [2.05, 4.69) is 15.2 Å². The maximum absolute atomic E-state index is 12.3. The molecule has 0 aromatic heterocycles. The fourth-order valence-corrected chi connectivity index (χ4v) is 4.05. The third kappa shape index (κ3) is 5.29. The molecule has 31 heavy (non-hydrogen) atoms. The highest BCUT2D eigenvalue weighted by atomic mass is 16.5. The van der Waals surface area contributed by atoms with E-state index in [1.807, 2.05) is 66.5 Å². The van der Waals surface area contributed by atoms with Crippen molar-refractivity contribution in [3.8, 4) is 11.5 Å². The Kier molecular flexibility index (Phi) is 6.92. The zero-order valence-corrected chi connectivity index (χ0v) is 18.0. The summed E-state index contributed by atoms with van der Waals surface area (Å²) in [5.41, 5.74) is 0.851. The van der Waals surface area contributed by atoms with Gasteiger partial charge in [-0.15, -0.1) is 0 Å². The minimum atomic E-state index is 0.00331. The molecule has 2 aromatic carbocycles. The van der Waals surface area contributed by atoms with Crippen molar-refractivity contribution in [3.05, 3.63) is 54.6 Å². The average molecular weight is 423 g/mol. The van der Waals surface area contributed by atoms with Gasteiger partial charge in [0.15, 0.2) is 12.6 Å². The summed E-state index contributed by atoms with van der Waals surface area (Å²) >= 11 is 0. The first-order valence-electron chi connectivity index (χ1n) is 10.9. The number of para-hydroxylation sites is 3. The molecule has 7 nitrogen and oxygen atoms in total. The smallest absolute Gasteiger partial charge is 0.265 e. The van der Waals surface area contributed by atoms with Gasteiger partial charge in [-0.05, 0) is 30.7 Å². The van der Waals surface area contributed by atoms with Gasteiger partial charge in [0, 0.05) is 46.1 Å². The Labute approximate surface area is 183 Å². The molecule has 0 unspecified atom stereocenters. The Bertz CT molecular complexity index is 895. The highest BCUT2D eigenvalue weighted by Gasteiger charge is 2.25. The summed E-state index contributed by atoms with van der Waals surface area (Å²) in [6, 6.07) is 17.7. The fourth-order valence-electron chi connectivity index (χ4n) is 4.05. The number of carbonyl (C=O) groups is 1. The molecule has 4 rings (SSSR count). The van der Waals surface area contributed by atoms with E-state index in [0.717, 1.165) is 62.0 Å². The zero-order valence-electron chi connectivity index (χ0n) is 18.0. The van der Waals surface area contributed by atoms with E-state index in [0.29, 0.717) is 6.54 Å². The first-order valence-corrected chi connectivity index (χ1v) is 10.9. The van der Waals surface area contributed by atoms with Crippen LogP contribution in [-0.4, -0.2) is 62.7 Å². The number of ether oxygens (including phenoxy) is 2. The topological polar surface area (TPSA) is 66.4 Å². The molecule has 0 spiro atoms. The van der Waals surface area contributed by atoms with E-state index in [9.17, 15) is 4.79 Å². The van der Waals surface area contributed by atoms with Gasteiger partial charge in [0.1, 0.15) is 17.6 Å². The standard InChI is InChI=1S/C24H30N4O3/c1-25-24(27-16-12-20(13-17-27)31-19-8-3-2-4-9-19)26-14-7-15-28-21-10-5-6-11-22(21)30-18-23(28)29/h2-6,8-11,20H,7,12-18H2,1H3,(H,25,26). The van der Waals surface area contributed by atoms with E-state index >= 15 is 0 Å². The van der Waals surface area contributed by atoms with Gasteiger partial charge in [0.05, 0.1) is 5.69 Å². The van der Waals surface area contributed by atoms with Gasteiger partial charge in [-0.3, -0.25) is 9.79 Å². The number of likely N-dealkylation sites (tertiary alicyclic amines) is 1. The summed E-state index contributed by atoms with van der Waals surface area (Å²) in [7, 11) is 1.82. The van der Waals surface area contributed by atoms with Gasteiger partial charge in [-0.25, -0.2) is 0 Å². The van der Waals surface area contributed by atoms with Crippen molar-refractivity contribution in [1.29, 1.82) is 0 Å². The van der Waals surface area contributed by atoms with Crippen LogP contribution in [0.15, 0.2) is 59.6 Å². The molecule has 1 N–H and O–H groups in total. The predicted octanol–water partition coefficient (Wildman–Crippen LogP) is 2.92. The summed E-state index contributed by atoms with van der Waals surface area (Å²) in [6.07, 6.45) is 3.00. The van der Waals surface area contributed by atoms with E-state index in [1.165, 1.54) is 0 Å². The van der Waals surface area contributed by atoms with Crippen molar-refractivity contribution in [2.24, 2.45) is 4.99 Å². The molecule has 0 aliphatic carbocycles. The van der Waals surface area contributed by atoms with Gasteiger partial charge >= 0.3 is 0 Å². The Balaban J connectivity index is 1.21. The van der Waals surface area contributed by atoms with Crippen LogP contribution in [0, 0.1) is 0 Å². The first kappa shape index (κ1) is 21.0. The number of hydrogen-bond donors (Lipinski definition) is 1. The second-order valence-corrected chi connectivity index (χ2v) is 7.75. The quantitative estimate of drug-likeness (QED) is 0.441. The normalized spacial score (nSPS) is 17.2. The van der Waals surface area contributed by atoms with Gasteiger partial charge in [-0.1, -0.05) is 30.3 Å². The number of amides is 1. The molecule has 1 fully saturated rings. The summed E-state index contributed by atoms with van der Waals surface area (Å²) in [5.74, 6) is 2.62. The van der Waals surface area contributed by atoms with Crippen molar-refractivity contribution >= 4 is 17.6 Å². The lowest BCUT2D eigenvalue weighted by Crippen LogP contribution is -2.48. The van der Waals surface area contributed by atoms with Crippen LogP contribution in [0.25, 0.3) is 0 Å². The van der Waals surface area contributed by atoms with Crippen LogP contribution in [-0.2, 0) is 4.79 Å². The number of piperidine rings is 1. The molecule has 2 heterocycles. The third-order valence-electron chi connectivity index (χ3n) is 5.65. The summed E-state index contributed by atoms with van der Waals surface area (Å²) < 4.78 is 11.6. The van der Waals surface area contributed by atoms with Gasteiger partial charge in [-0.2, -0.15) is 0 Å². The molecule has 0 atom stereocenters. The lowest BCUT2D eigenvalue weighted by Gasteiger charge is -2.34. The molecule has 1 amide bonds. The predicted molar refractivity (Wildman–Crippen MR) is 122 cm³/mol. The van der Waals surface area contributed by atoms with Gasteiger partial charge in [0.2, 0.25) is 0 Å². The molecule has 0 radical (unpaired) electrons. The largest absolute Gasteiger partial charge is 0.490 e. The number of guanidine groups is 1. The maximum Gasteiger partial charge on any atom is 0.265 e. The monoisotopic (exact) mass is 422 g/mol. The van der Waals surface area contributed by atoms with Crippen LogP contribution in [0.1, 0.15) is 19.3 Å². The van der Waals surface area contributed by atoms with Crippen molar-refractivity contribution in [3.63, 3.8) is 0 Å². The Morgan fingerprint density at radius 1 is 1.13 bits per heavy atom. The highest BCUT2D eigenvalue weighted by molar-refractivity contribution is 5.97. The molecule has 1 saturated heterocycles. The number of carbonyl (C=O) groups excluding carboxylic acids is 1. The van der Waals surface area contributed by atoms with E-state index in [1.54, 1.807) is 0 Å². The molecular weight excluding hydrogens is 392 g/mol. The summed E-state index contributed by atoms with van der Waals surface area (Å²) in [4.78, 5) is 20.8. The average Bonchev–Trinajstić information content (AvgIpc) is 2.82. The number of hydrogen-bond acceptors (Lipinski definition) is 4. The molecule has 7 heteroatoms. The number of nitrogens with one attached hydrogen (secondary N) is 1. The number of rotatable bonds is 6. The maximum atomic E-state index is 12.3. The van der Waals surface area contributed by atoms with Crippen molar-refractivity contribution in [2.45, 2.75) is 25.4 Å². The molecule has 2 aromatic rings. The lowest BCUT2D eigenvalue weighted by atomic mass is 10.1. The van der Waals surface area contributed by atoms with Crippen molar-refractivity contribution in [2.75, 3.05) is 44.7 Å². The van der Waals surface area contributed by atoms with E-state index < -0.39 is 0 Å². The zero-order chi connectivity index (χ0) is 21.5. The van der Waals surface area contributed by atoms with Crippen LogP contribution in [0.5, 0.6) is 11.5 Å². The molecule has 2 aliphatic rings. The minimum Gasteiger partial charge on any atom is -0.490 e. The van der Waals surface area contributed by atoms with Crippen LogP contribution >= 0.6 is 0 Å². The third-order valence-corrected chi connectivity index (χ3v) is 5.65. The number of anilines is 1. The second-order valence-electron chi connectivity index (χ2n) is 7.75. The fraction of sp³-hybridized carbons (Fsp3) is 0.417. The Morgan fingerprint density at radius 2 is 1.87 bits per heavy atom. The summed E-state index contributed by atoms with van der Waals surface area (Å²) in [6.45, 7) is 3.32. The number of nitrogens with zero attached hydrogens (tertiary/aromatic N) is 3. The van der Waals surface area contributed by atoms with Crippen LogP contribution in [0.4, 0.5) is 5.69 Å². The molecule has 0 saturated carbocycles. The Morgan fingerprint density at radius 3 is 2.65 bits per heavy atom. The highest BCUT2D eigenvalue weighted by Crippen LogP contribution is 2.31. The number of fused-ring (bicyclic) bond motifs is 1. The van der Waals surface area contributed by atoms with Gasteiger partial charge in [0.25, 0.3) is 5.91 Å². The molecule has 2 aliphatic heterocycles. The molecule has 0 bridgehead atoms. The van der Waals surface area contributed by atoms with Crippen molar-refractivity contribution < 1.29 is 14.3 Å². The van der Waals surface area contributed by atoms with Crippen molar-refractivity contribution in [1.82, 2.24) is 10.2 Å². The first-order chi connectivity index (χ1) is 15.2. The lowest BCUT2D eigenvalue weighted by molar-refractivity contribution is -0.121. The van der Waals surface area contributed by atoms with Crippen LogP contribution in [0.2, 0.25) is 0 Å². The van der Waals surface area contributed by atoms with E-state index in [-0.39, 0.29) is 18.6 Å². The molecular formula is C24H30N4O3. The SMILES string of the molecule is CN=C(NCCCN1C(=O)COc2ccccc21)N1CCC(Oc2ccccc2)CC1. The van der Waals surface area contributed by atoms with Crippen LogP contribution < -0.4 is 19.7 Å². The second kappa shape index (κ2) is 10.2. The van der Waals surface area contributed by atoms with Crippen LogP contribution in [0.3, 0.4) is 0 Å². The minimum absolute atomic E-state index is 0.00331. The van der Waals surface area contributed by atoms with E-state index in [4.69, 9.17) is 9.47 Å². The number of aliphatic imine (C=N–C) groups is 1. The molecule has 164 valence electrons. The van der Waals surface area contributed by atoms with Gasteiger partial charge < -0.3 is 24.6 Å².